The lowest BCUT2D eigenvalue weighted by Crippen LogP contribution is -1.99. The molecule has 0 aromatic carbocycles. The molecule has 0 heterocycles. The molecule has 0 spiro atoms. The lowest BCUT2D eigenvalue weighted by atomic mass is 10.0. The first kappa shape index (κ1) is 37.5. The molecule has 1 N–H and O–H groups in total. The minimum atomic E-state index is -3.03. The molecule has 0 radical (unpaired) electrons. The first-order chi connectivity index (χ1) is 18.1. The van der Waals surface area contributed by atoms with Crippen molar-refractivity contribution in [2.75, 3.05) is 13.2 Å². The van der Waals surface area contributed by atoms with Gasteiger partial charge in [-0.25, -0.2) is 0 Å². The Morgan fingerprint density at radius 3 is 0.784 bits per heavy atom. The third-order valence-corrected chi connectivity index (χ3v) is 9.15. The molecule has 0 saturated heterocycles. The summed E-state index contributed by atoms with van der Waals surface area (Å²) < 4.78 is 11.0. The van der Waals surface area contributed by atoms with Gasteiger partial charge in [-0.1, -0.05) is 181 Å². The summed E-state index contributed by atoms with van der Waals surface area (Å²) in [5.74, 6) is 0. The van der Waals surface area contributed by atoms with Crippen molar-refractivity contribution in [2.45, 2.75) is 194 Å². The average molecular weight is 563 g/mol. The smallest absolute Gasteiger partial charge is 0.324 e. The maximum absolute atomic E-state index is 10.2. The van der Waals surface area contributed by atoms with E-state index in [1.165, 1.54) is 154 Å². The summed E-state index contributed by atoms with van der Waals surface area (Å²) in [6.07, 6.45) is 37.5. The monoisotopic (exact) mass is 562 g/mol. The highest BCUT2D eigenvalue weighted by Gasteiger charge is 2.14. The maximum Gasteiger partial charge on any atom is 0.324 e. The van der Waals surface area contributed by atoms with Crippen LogP contribution in [0.4, 0.5) is 0 Å². The van der Waals surface area contributed by atoms with E-state index in [0.29, 0.717) is 13.2 Å². The van der Waals surface area contributed by atoms with Gasteiger partial charge in [-0.3, -0.25) is 0 Å². The third kappa shape index (κ3) is 32.6. The van der Waals surface area contributed by atoms with Crippen molar-refractivity contribution in [1.29, 1.82) is 0 Å². The van der Waals surface area contributed by atoms with Gasteiger partial charge in [0.05, 0.1) is 13.2 Å². The molecule has 0 rings (SSSR count). The Labute approximate surface area is 238 Å². The van der Waals surface area contributed by atoms with Crippen LogP contribution in [0.25, 0.3) is 0 Å². The van der Waals surface area contributed by atoms with E-state index in [2.05, 4.69) is 13.8 Å². The van der Waals surface area contributed by atoms with Crippen molar-refractivity contribution in [3.8, 4) is 0 Å². The zero-order valence-corrected chi connectivity index (χ0v) is 27.0. The Bertz CT molecular complexity index is 437. The van der Waals surface area contributed by atoms with Gasteiger partial charge in [0.2, 0.25) is 0 Å². The molecule has 0 aromatic heterocycles. The van der Waals surface area contributed by atoms with Crippen molar-refractivity contribution >= 4 is 18.5 Å². The number of unbranched alkanes of at least 4 members (excludes halogenated alkanes) is 26. The minimum Gasteiger partial charge on any atom is -0.324 e. The van der Waals surface area contributed by atoms with Gasteiger partial charge in [0, 0.05) is 0 Å². The summed E-state index contributed by atoms with van der Waals surface area (Å²) >= 11 is 5.16. The molecule has 0 aromatic rings. The van der Waals surface area contributed by atoms with Crippen molar-refractivity contribution in [3.05, 3.63) is 0 Å². The van der Waals surface area contributed by atoms with E-state index >= 15 is 0 Å². The topological polar surface area (TPSA) is 38.7 Å². The second-order valence-corrected chi connectivity index (χ2v) is 14.2. The summed E-state index contributed by atoms with van der Waals surface area (Å²) in [4.78, 5) is 10.2. The van der Waals surface area contributed by atoms with Gasteiger partial charge in [0.25, 0.3) is 0 Å². The number of hydrogen-bond acceptors (Lipinski definition) is 3. The SMILES string of the molecule is CCCCCCCCCCCCCCCCOP(O)(=S)OCCCCCCCCCCCCCCCC. The molecule has 37 heavy (non-hydrogen) atoms. The Morgan fingerprint density at radius 2 is 0.568 bits per heavy atom. The summed E-state index contributed by atoms with van der Waals surface area (Å²) in [5.41, 5.74) is 0. The molecular weight excluding hydrogens is 495 g/mol. The lowest BCUT2D eigenvalue weighted by Gasteiger charge is -2.15. The Kier molecular flexibility index (Phi) is 31.5. The lowest BCUT2D eigenvalue weighted by molar-refractivity contribution is 0.190. The van der Waals surface area contributed by atoms with Gasteiger partial charge in [-0.2, -0.15) is 0 Å². The van der Waals surface area contributed by atoms with Crippen molar-refractivity contribution in [2.24, 2.45) is 0 Å². The second kappa shape index (κ2) is 31.1. The molecule has 0 saturated carbocycles. The van der Waals surface area contributed by atoms with Crippen molar-refractivity contribution in [1.82, 2.24) is 0 Å². The fraction of sp³-hybridized carbons (Fsp3) is 1.00. The first-order valence-electron chi connectivity index (χ1n) is 16.7. The second-order valence-electron chi connectivity index (χ2n) is 11.3. The predicted molar refractivity (Wildman–Crippen MR) is 169 cm³/mol. The molecule has 0 unspecified atom stereocenters. The highest BCUT2D eigenvalue weighted by molar-refractivity contribution is 8.07. The molecule has 0 atom stereocenters. The maximum atomic E-state index is 10.2. The fourth-order valence-corrected chi connectivity index (χ4v) is 6.23. The Hall–Kier alpha value is 0.530. The van der Waals surface area contributed by atoms with E-state index in [9.17, 15) is 4.89 Å². The summed E-state index contributed by atoms with van der Waals surface area (Å²) in [6, 6.07) is 0. The van der Waals surface area contributed by atoms with Crippen LogP contribution < -0.4 is 0 Å². The number of rotatable bonds is 32. The molecule has 0 aliphatic heterocycles. The molecule has 0 fully saturated rings. The van der Waals surface area contributed by atoms with Gasteiger partial charge in [0.1, 0.15) is 0 Å². The molecule has 5 heteroatoms. The zero-order valence-electron chi connectivity index (χ0n) is 25.3. The quantitative estimate of drug-likeness (QED) is 0.0653. The molecule has 0 amide bonds. The van der Waals surface area contributed by atoms with Crippen LogP contribution in [0.2, 0.25) is 0 Å². The normalized spacial score (nSPS) is 12.0. The molecule has 3 nitrogen and oxygen atoms in total. The van der Waals surface area contributed by atoms with E-state index in [0.717, 1.165) is 25.7 Å². The van der Waals surface area contributed by atoms with Crippen molar-refractivity contribution in [3.63, 3.8) is 0 Å². The molecular formula is C32H67O3PS. The van der Waals surface area contributed by atoms with Gasteiger partial charge in [-0.15, -0.1) is 0 Å². The average Bonchev–Trinajstić information content (AvgIpc) is 2.88. The highest BCUT2D eigenvalue weighted by Crippen LogP contribution is 2.44. The first-order valence-corrected chi connectivity index (χ1v) is 19.3. The minimum absolute atomic E-state index is 0.532. The molecule has 224 valence electrons. The van der Waals surface area contributed by atoms with E-state index in [-0.39, 0.29) is 0 Å². The predicted octanol–water partition coefficient (Wildman–Crippen LogP) is 12.2. The molecule has 0 aliphatic rings. The van der Waals surface area contributed by atoms with Crippen LogP contribution in [0.5, 0.6) is 0 Å². The van der Waals surface area contributed by atoms with Crippen LogP contribution in [-0.2, 0) is 20.9 Å². The summed E-state index contributed by atoms with van der Waals surface area (Å²) in [5, 5.41) is 0. The van der Waals surface area contributed by atoms with Gasteiger partial charge >= 0.3 is 6.72 Å². The van der Waals surface area contributed by atoms with E-state index in [1.54, 1.807) is 0 Å². The van der Waals surface area contributed by atoms with Crippen LogP contribution in [0, 0.1) is 0 Å². The van der Waals surface area contributed by atoms with Gasteiger partial charge in [-0.05, 0) is 24.6 Å². The van der Waals surface area contributed by atoms with E-state index in [1.807, 2.05) is 0 Å². The largest absolute Gasteiger partial charge is 0.324 e. The Balaban J connectivity index is 3.28. The molecule has 0 bridgehead atoms. The zero-order chi connectivity index (χ0) is 27.1. The Morgan fingerprint density at radius 1 is 0.378 bits per heavy atom. The highest BCUT2D eigenvalue weighted by atomic mass is 32.5. The van der Waals surface area contributed by atoms with E-state index < -0.39 is 6.72 Å². The number of hydrogen-bond donors (Lipinski definition) is 1. The van der Waals surface area contributed by atoms with Crippen LogP contribution >= 0.6 is 6.72 Å². The third-order valence-electron chi connectivity index (χ3n) is 7.50. The van der Waals surface area contributed by atoms with Crippen molar-refractivity contribution < 1.29 is 13.9 Å². The fourth-order valence-electron chi connectivity index (χ4n) is 4.99. The van der Waals surface area contributed by atoms with Crippen LogP contribution in [0.3, 0.4) is 0 Å². The van der Waals surface area contributed by atoms with Gasteiger partial charge < -0.3 is 13.9 Å². The summed E-state index contributed by atoms with van der Waals surface area (Å²) in [6.45, 7) is 2.60. The standard InChI is InChI=1S/C32H67O3PS/c1-3-5-7-9-11-13-15-17-19-21-23-25-27-29-31-34-36(33,37)35-32-30-28-26-24-22-20-18-16-14-12-10-8-6-4-2/h3-32H2,1-2H3,(H,33,37). The van der Waals surface area contributed by atoms with Crippen LogP contribution in [0.1, 0.15) is 194 Å². The van der Waals surface area contributed by atoms with Gasteiger partial charge in [0.15, 0.2) is 0 Å². The molecule has 0 aliphatic carbocycles. The van der Waals surface area contributed by atoms with E-state index in [4.69, 9.17) is 20.9 Å². The summed E-state index contributed by atoms with van der Waals surface area (Å²) in [7, 11) is 0. The van der Waals surface area contributed by atoms with Crippen LogP contribution in [0.15, 0.2) is 0 Å². The van der Waals surface area contributed by atoms with Crippen LogP contribution in [-0.4, -0.2) is 18.1 Å².